The van der Waals surface area contributed by atoms with Crippen LogP contribution >= 0.6 is 0 Å². The molecule has 0 saturated carbocycles. The van der Waals surface area contributed by atoms with E-state index in [1.54, 1.807) is 14.2 Å². The zero-order chi connectivity index (χ0) is 24.1. The fraction of sp³-hybridized carbons (Fsp3) is 0.385. The Hall–Kier alpha value is -3.52. The van der Waals surface area contributed by atoms with Gasteiger partial charge in [0.15, 0.2) is 11.5 Å². The summed E-state index contributed by atoms with van der Waals surface area (Å²) < 4.78 is 24.2. The largest absolute Gasteiger partial charge is 0.493 e. The molecule has 0 amide bonds. The second-order valence-corrected chi connectivity index (χ2v) is 8.10. The zero-order valence-corrected chi connectivity index (χ0v) is 20.1. The van der Waals surface area contributed by atoms with Crippen LogP contribution in [0.2, 0.25) is 0 Å². The molecule has 4 rings (SSSR count). The van der Waals surface area contributed by atoms with Crippen LogP contribution < -0.4 is 14.8 Å². The lowest BCUT2D eigenvalue weighted by Gasteiger charge is -2.30. The van der Waals surface area contributed by atoms with Gasteiger partial charge in [-0.25, -0.2) is 9.78 Å². The number of nitrogens with one attached hydrogen (secondary N) is 1. The van der Waals surface area contributed by atoms with E-state index in [1.165, 1.54) is 0 Å². The summed E-state index contributed by atoms with van der Waals surface area (Å²) in [4.78, 5) is 18.0. The van der Waals surface area contributed by atoms with Crippen molar-refractivity contribution in [1.82, 2.24) is 9.55 Å². The van der Waals surface area contributed by atoms with Crippen LogP contribution in [-0.4, -0.2) is 49.6 Å². The Labute approximate surface area is 199 Å². The highest BCUT2D eigenvalue weighted by molar-refractivity contribution is 5.94. The number of fused-ring (bicyclic) bond motifs is 3. The molecule has 1 aliphatic heterocycles. The molecule has 1 atom stereocenters. The number of esters is 1. The van der Waals surface area contributed by atoms with E-state index < -0.39 is 12.0 Å². The van der Waals surface area contributed by atoms with Gasteiger partial charge in [0, 0.05) is 12.8 Å². The number of carbonyl (C=O) groups excluding carboxylic acids is 1. The molecule has 1 unspecified atom stereocenters. The maximum atomic E-state index is 13.3. The smallest absolute Gasteiger partial charge is 0.338 e. The van der Waals surface area contributed by atoms with E-state index in [-0.39, 0.29) is 6.61 Å². The summed E-state index contributed by atoms with van der Waals surface area (Å²) in [5.41, 5.74) is 3.81. The number of aromatic nitrogens is 2. The number of methoxy groups -OCH3 is 2. The molecule has 0 saturated heterocycles. The Bertz CT molecular complexity index is 1200. The number of hydrogen-bond donors (Lipinski definition) is 1. The topological polar surface area (TPSA) is 83.8 Å². The van der Waals surface area contributed by atoms with Gasteiger partial charge in [-0.1, -0.05) is 31.5 Å². The van der Waals surface area contributed by atoms with Gasteiger partial charge in [0.25, 0.3) is 0 Å². The number of hydrogen-bond acceptors (Lipinski definition) is 7. The van der Waals surface area contributed by atoms with Crippen molar-refractivity contribution in [2.45, 2.75) is 32.7 Å². The van der Waals surface area contributed by atoms with Crippen LogP contribution in [0.25, 0.3) is 11.0 Å². The molecule has 0 bridgehead atoms. The molecule has 1 aliphatic rings. The van der Waals surface area contributed by atoms with Crippen LogP contribution in [0, 0.1) is 0 Å². The van der Waals surface area contributed by atoms with Crippen LogP contribution in [-0.2, 0) is 14.3 Å². The van der Waals surface area contributed by atoms with E-state index in [4.69, 9.17) is 23.9 Å². The fourth-order valence-electron chi connectivity index (χ4n) is 4.14. The highest BCUT2D eigenvalue weighted by Crippen LogP contribution is 2.41. The van der Waals surface area contributed by atoms with E-state index in [0.717, 1.165) is 29.4 Å². The fourth-order valence-corrected chi connectivity index (χ4v) is 4.14. The summed E-state index contributed by atoms with van der Waals surface area (Å²) in [5.74, 6) is 1.55. The molecule has 2 heterocycles. The van der Waals surface area contributed by atoms with Crippen molar-refractivity contribution in [3.05, 3.63) is 59.3 Å². The number of ether oxygens (including phenoxy) is 4. The lowest BCUT2D eigenvalue weighted by molar-refractivity contribution is -0.140. The number of rotatable bonds is 10. The van der Waals surface area contributed by atoms with Crippen molar-refractivity contribution in [2.24, 2.45) is 0 Å². The Kier molecular flexibility index (Phi) is 7.37. The average Bonchev–Trinajstić information content (AvgIpc) is 3.21. The van der Waals surface area contributed by atoms with Crippen molar-refractivity contribution in [3.8, 4) is 11.5 Å². The zero-order valence-electron chi connectivity index (χ0n) is 20.1. The number of para-hydroxylation sites is 2. The highest BCUT2D eigenvalue weighted by atomic mass is 16.6. The maximum Gasteiger partial charge on any atom is 0.338 e. The molecular formula is C26H31N3O5. The van der Waals surface area contributed by atoms with E-state index in [0.29, 0.717) is 41.9 Å². The highest BCUT2D eigenvalue weighted by Gasteiger charge is 2.35. The van der Waals surface area contributed by atoms with E-state index in [9.17, 15) is 4.79 Å². The molecule has 0 spiro atoms. The number of carbonyl (C=O) groups is 1. The summed E-state index contributed by atoms with van der Waals surface area (Å²) >= 11 is 0. The van der Waals surface area contributed by atoms with Crippen molar-refractivity contribution in [2.75, 3.05) is 39.4 Å². The second kappa shape index (κ2) is 10.6. The molecule has 2 aromatic carbocycles. The Morgan fingerprint density at radius 3 is 2.68 bits per heavy atom. The summed E-state index contributed by atoms with van der Waals surface area (Å²) in [7, 11) is 3.19. The van der Waals surface area contributed by atoms with Crippen molar-refractivity contribution < 1.29 is 23.7 Å². The van der Waals surface area contributed by atoms with Gasteiger partial charge < -0.3 is 24.3 Å². The van der Waals surface area contributed by atoms with E-state index in [2.05, 4.69) is 12.2 Å². The second-order valence-electron chi connectivity index (χ2n) is 8.10. The quantitative estimate of drug-likeness (QED) is 0.343. The van der Waals surface area contributed by atoms with Crippen LogP contribution in [0.3, 0.4) is 0 Å². The minimum atomic E-state index is -0.461. The number of nitrogens with zero attached hydrogens (tertiary/aromatic N) is 2. The number of benzene rings is 2. The van der Waals surface area contributed by atoms with Gasteiger partial charge in [-0.15, -0.1) is 0 Å². The minimum Gasteiger partial charge on any atom is -0.493 e. The van der Waals surface area contributed by atoms with Gasteiger partial charge in [-0.2, -0.15) is 0 Å². The first kappa shape index (κ1) is 23.6. The van der Waals surface area contributed by atoms with E-state index in [1.807, 2.05) is 54.0 Å². The summed E-state index contributed by atoms with van der Waals surface area (Å²) in [5, 5.41) is 3.29. The number of imidazole rings is 1. The number of anilines is 1. The number of allylic oxidation sites excluding steroid dienone is 1. The van der Waals surface area contributed by atoms with Crippen LogP contribution in [0.1, 0.15) is 38.3 Å². The third-order valence-electron chi connectivity index (χ3n) is 5.83. The minimum absolute atomic E-state index is 0.171. The predicted molar refractivity (Wildman–Crippen MR) is 130 cm³/mol. The molecule has 0 radical (unpaired) electrons. The lowest BCUT2D eigenvalue weighted by Crippen LogP contribution is -2.29. The third kappa shape index (κ3) is 4.59. The van der Waals surface area contributed by atoms with Crippen molar-refractivity contribution >= 4 is 23.0 Å². The maximum absolute atomic E-state index is 13.3. The summed E-state index contributed by atoms with van der Waals surface area (Å²) in [6, 6.07) is 13.2. The van der Waals surface area contributed by atoms with Gasteiger partial charge >= 0.3 is 5.97 Å². The average molecular weight is 466 g/mol. The standard InChI is InChI=1S/C26H31N3O5/c1-5-6-13-33-21-12-11-18(16-22(21)32-4)24-23(25(30)34-15-14-31-3)17(2)27-26-28-19-9-7-8-10-20(19)29(24)26/h7-12,16,24H,5-6,13-15H2,1-4H3,(H,27,28). The molecule has 8 heteroatoms. The lowest BCUT2D eigenvalue weighted by atomic mass is 9.94. The van der Waals surface area contributed by atoms with Crippen LogP contribution in [0.5, 0.6) is 11.5 Å². The Morgan fingerprint density at radius 1 is 1.09 bits per heavy atom. The molecule has 180 valence electrons. The molecule has 1 N–H and O–H groups in total. The van der Waals surface area contributed by atoms with Crippen molar-refractivity contribution in [1.29, 1.82) is 0 Å². The molecule has 1 aromatic heterocycles. The summed E-state index contributed by atoms with van der Waals surface area (Å²) in [6.45, 7) is 5.10. The third-order valence-corrected chi connectivity index (χ3v) is 5.83. The first-order valence-corrected chi connectivity index (χ1v) is 11.5. The monoisotopic (exact) mass is 465 g/mol. The van der Waals surface area contributed by atoms with Gasteiger partial charge in [0.05, 0.1) is 43.0 Å². The molecule has 3 aromatic rings. The predicted octanol–water partition coefficient (Wildman–Crippen LogP) is 4.70. The Morgan fingerprint density at radius 2 is 1.91 bits per heavy atom. The molecule has 0 fully saturated rings. The normalized spacial score (nSPS) is 15.1. The molecular weight excluding hydrogens is 434 g/mol. The SMILES string of the molecule is CCCCOc1ccc(C2C(C(=O)OCCOC)=C(C)Nc3nc4ccccc4n32)cc1OC. The molecule has 0 aliphatic carbocycles. The number of unbranched alkanes of at least 4 members (excludes halogenated alkanes) is 1. The van der Waals surface area contributed by atoms with Gasteiger partial charge in [-0.05, 0) is 43.2 Å². The van der Waals surface area contributed by atoms with Gasteiger partial charge in [0.1, 0.15) is 6.61 Å². The first-order valence-electron chi connectivity index (χ1n) is 11.5. The molecule has 34 heavy (non-hydrogen) atoms. The van der Waals surface area contributed by atoms with Gasteiger partial charge in [-0.3, -0.25) is 4.57 Å². The van der Waals surface area contributed by atoms with Crippen molar-refractivity contribution in [3.63, 3.8) is 0 Å². The van der Waals surface area contributed by atoms with Crippen LogP contribution in [0.4, 0.5) is 5.95 Å². The summed E-state index contributed by atoms with van der Waals surface area (Å²) in [6.07, 6.45) is 2.01. The molecule has 8 nitrogen and oxygen atoms in total. The van der Waals surface area contributed by atoms with Crippen LogP contribution in [0.15, 0.2) is 53.7 Å². The Balaban J connectivity index is 1.81. The first-order chi connectivity index (χ1) is 16.6. The van der Waals surface area contributed by atoms with Gasteiger partial charge in [0.2, 0.25) is 5.95 Å². The van der Waals surface area contributed by atoms with E-state index >= 15 is 0 Å².